The molecule has 28 heavy (non-hydrogen) atoms. The molecule has 2 fully saturated rings. The van der Waals surface area contributed by atoms with Crippen LogP contribution < -0.4 is 4.90 Å². The van der Waals surface area contributed by atoms with Crippen LogP contribution in [-0.4, -0.2) is 47.0 Å². The van der Waals surface area contributed by atoms with Gasteiger partial charge in [0.15, 0.2) is 0 Å². The van der Waals surface area contributed by atoms with Gasteiger partial charge < -0.3 is 4.90 Å². The fraction of sp³-hybridized carbons (Fsp3) is 0.316. The number of anilines is 1. The molecule has 5 rings (SSSR count). The van der Waals surface area contributed by atoms with Crippen molar-refractivity contribution in [1.82, 2.24) is 13.1 Å². The summed E-state index contributed by atoms with van der Waals surface area (Å²) < 4.78 is 36.1. The second-order valence-electron chi connectivity index (χ2n) is 7.30. The molecule has 2 aromatic carbocycles. The first-order valence-electron chi connectivity index (χ1n) is 9.10. The molecule has 2 aliphatic heterocycles. The van der Waals surface area contributed by atoms with E-state index in [1.54, 1.807) is 23.1 Å². The van der Waals surface area contributed by atoms with Crippen LogP contribution in [0.15, 0.2) is 53.4 Å². The van der Waals surface area contributed by atoms with Crippen LogP contribution in [0.4, 0.5) is 5.69 Å². The van der Waals surface area contributed by atoms with Crippen LogP contribution in [0.3, 0.4) is 0 Å². The summed E-state index contributed by atoms with van der Waals surface area (Å²) >= 11 is 1.01. The van der Waals surface area contributed by atoms with Gasteiger partial charge in [0.2, 0.25) is 15.9 Å². The standard InChI is InChI=1S/C19H18N4O3S2/c24-18-19(13-23(18)14-5-2-1-3-6-14)9-11-22(12-10-19)28(25,26)16-8-4-7-15-17(16)21-27-20-15/h1-8H,9-13H2. The number of para-hydroxylation sites is 1. The molecule has 144 valence electrons. The molecule has 1 aromatic heterocycles. The Morgan fingerprint density at radius 1 is 0.964 bits per heavy atom. The zero-order chi connectivity index (χ0) is 19.4. The fourth-order valence-electron chi connectivity index (χ4n) is 4.11. The van der Waals surface area contributed by atoms with Gasteiger partial charge in [0.05, 0.1) is 17.1 Å². The summed E-state index contributed by atoms with van der Waals surface area (Å²) in [5.74, 6) is 0.0987. The summed E-state index contributed by atoms with van der Waals surface area (Å²) in [5.41, 5.74) is 1.47. The molecule has 2 saturated heterocycles. The first-order chi connectivity index (χ1) is 13.5. The van der Waals surface area contributed by atoms with Crippen LogP contribution in [0.1, 0.15) is 12.8 Å². The third-order valence-corrected chi connectivity index (χ3v) is 8.25. The third-order valence-electron chi connectivity index (χ3n) is 5.77. The molecule has 0 aliphatic carbocycles. The molecule has 3 heterocycles. The molecular weight excluding hydrogens is 396 g/mol. The minimum absolute atomic E-state index is 0.0987. The molecule has 7 nitrogen and oxygen atoms in total. The van der Waals surface area contributed by atoms with E-state index in [1.165, 1.54) is 4.31 Å². The first kappa shape index (κ1) is 17.7. The summed E-state index contributed by atoms with van der Waals surface area (Å²) in [4.78, 5) is 14.8. The number of rotatable bonds is 3. The van der Waals surface area contributed by atoms with Gasteiger partial charge in [0, 0.05) is 25.3 Å². The molecule has 0 bridgehead atoms. The Balaban J connectivity index is 1.34. The number of hydrogen-bond donors (Lipinski definition) is 0. The molecular formula is C19H18N4O3S2. The van der Waals surface area contributed by atoms with E-state index in [4.69, 9.17) is 0 Å². The molecule has 3 aromatic rings. The zero-order valence-electron chi connectivity index (χ0n) is 15.0. The number of piperidine rings is 1. The Labute approximate surface area is 167 Å². The average Bonchev–Trinajstić information content (AvgIpc) is 3.21. The summed E-state index contributed by atoms with van der Waals surface area (Å²) in [6.07, 6.45) is 1.08. The van der Waals surface area contributed by atoms with Gasteiger partial charge in [0.1, 0.15) is 15.9 Å². The number of nitrogens with zero attached hydrogens (tertiary/aromatic N) is 4. The van der Waals surface area contributed by atoms with Crippen LogP contribution in [0.2, 0.25) is 0 Å². The Kier molecular flexibility index (Phi) is 4.01. The van der Waals surface area contributed by atoms with Crippen LogP contribution >= 0.6 is 11.7 Å². The first-order valence-corrected chi connectivity index (χ1v) is 11.3. The summed E-state index contributed by atoms with van der Waals surface area (Å²) in [5, 5.41) is 0. The van der Waals surface area contributed by atoms with Crippen molar-refractivity contribution in [2.45, 2.75) is 17.7 Å². The van der Waals surface area contributed by atoms with E-state index in [-0.39, 0.29) is 10.8 Å². The molecule has 0 N–H and O–H groups in total. The largest absolute Gasteiger partial charge is 0.311 e. The molecule has 0 radical (unpaired) electrons. The number of carbonyl (C=O) groups is 1. The highest BCUT2D eigenvalue weighted by Crippen LogP contribution is 2.44. The monoisotopic (exact) mass is 414 g/mol. The number of carbonyl (C=O) groups excluding carboxylic acids is 1. The molecule has 1 spiro atoms. The van der Waals surface area contributed by atoms with Gasteiger partial charge in [-0.3, -0.25) is 4.79 Å². The highest BCUT2D eigenvalue weighted by molar-refractivity contribution is 7.89. The summed E-state index contributed by atoms with van der Waals surface area (Å²) in [7, 11) is -3.66. The Morgan fingerprint density at radius 3 is 2.43 bits per heavy atom. The Bertz CT molecular complexity index is 1150. The number of β-lactam (4-membered cyclic amide) rings is 1. The minimum Gasteiger partial charge on any atom is -0.311 e. The van der Waals surface area contributed by atoms with E-state index in [0.717, 1.165) is 17.4 Å². The Morgan fingerprint density at radius 2 is 1.71 bits per heavy atom. The van der Waals surface area contributed by atoms with Gasteiger partial charge in [0.25, 0.3) is 0 Å². The number of sulfonamides is 1. The molecule has 0 atom stereocenters. The topological polar surface area (TPSA) is 83.5 Å². The van der Waals surface area contributed by atoms with Crippen molar-refractivity contribution in [3.05, 3.63) is 48.5 Å². The third kappa shape index (κ3) is 2.57. The second-order valence-corrected chi connectivity index (χ2v) is 9.73. The lowest BCUT2D eigenvalue weighted by Crippen LogP contribution is -2.65. The highest BCUT2D eigenvalue weighted by Gasteiger charge is 2.54. The number of amides is 1. The molecule has 0 saturated carbocycles. The lowest BCUT2D eigenvalue weighted by atomic mass is 9.71. The lowest BCUT2D eigenvalue weighted by Gasteiger charge is -2.52. The van der Waals surface area contributed by atoms with Crippen molar-refractivity contribution in [3.8, 4) is 0 Å². The van der Waals surface area contributed by atoms with E-state index in [9.17, 15) is 13.2 Å². The van der Waals surface area contributed by atoms with E-state index in [0.29, 0.717) is 43.5 Å². The van der Waals surface area contributed by atoms with Crippen molar-refractivity contribution in [2.24, 2.45) is 5.41 Å². The fourth-order valence-corrected chi connectivity index (χ4v) is 6.30. The summed E-state index contributed by atoms with van der Waals surface area (Å²) in [6, 6.07) is 14.6. The maximum atomic E-state index is 13.2. The number of benzene rings is 2. The predicted octanol–water partition coefficient (Wildman–Crippen LogP) is 2.51. The lowest BCUT2D eigenvalue weighted by molar-refractivity contribution is -0.137. The van der Waals surface area contributed by atoms with Crippen molar-refractivity contribution < 1.29 is 13.2 Å². The van der Waals surface area contributed by atoms with Crippen molar-refractivity contribution >= 4 is 44.4 Å². The smallest absolute Gasteiger partial charge is 0.245 e. The van der Waals surface area contributed by atoms with E-state index >= 15 is 0 Å². The van der Waals surface area contributed by atoms with Gasteiger partial charge in [-0.1, -0.05) is 24.3 Å². The van der Waals surface area contributed by atoms with E-state index in [1.807, 2.05) is 30.3 Å². The van der Waals surface area contributed by atoms with Gasteiger partial charge in [-0.2, -0.15) is 13.1 Å². The SMILES string of the molecule is O=C1N(c2ccccc2)CC12CCN(S(=O)(=O)c1cccc3nsnc13)CC2. The summed E-state index contributed by atoms with van der Waals surface area (Å²) in [6.45, 7) is 1.32. The van der Waals surface area contributed by atoms with Crippen molar-refractivity contribution in [1.29, 1.82) is 0 Å². The number of fused-ring (bicyclic) bond motifs is 1. The normalized spacial score (nSPS) is 19.9. The molecule has 9 heteroatoms. The molecule has 2 aliphatic rings. The second kappa shape index (κ2) is 6.33. The molecule has 0 unspecified atom stereocenters. The maximum absolute atomic E-state index is 13.2. The van der Waals surface area contributed by atoms with E-state index in [2.05, 4.69) is 8.75 Å². The predicted molar refractivity (Wildman–Crippen MR) is 107 cm³/mol. The van der Waals surface area contributed by atoms with Crippen LogP contribution in [0, 0.1) is 5.41 Å². The number of aromatic nitrogens is 2. The number of hydrogen-bond acceptors (Lipinski definition) is 6. The van der Waals surface area contributed by atoms with Gasteiger partial charge >= 0.3 is 0 Å². The van der Waals surface area contributed by atoms with Crippen molar-refractivity contribution in [3.63, 3.8) is 0 Å². The maximum Gasteiger partial charge on any atom is 0.245 e. The van der Waals surface area contributed by atoms with Crippen LogP contribution in [0.25, 0.3) is 11.0 Å². The van der Waals surface area contributed by atoms with Crippen molar-refractivity contribution in [2.75, 3.05) is 24.5 Å². The quantitative estimate of drug-likeness (QED) is 0.615. The van der Waals surface area contributed by atoms with Gasteiger partial charge in [-0.05, 0) is 37.1 Å². The Hall–Kier alpha value is -2.36. The minimum atomic E-state index is -3.66. The van der Waals surface area contributed by atoms with Gasteiger partial charge in [-0.15, -0.1) is 0 Å². The van der Waals surface area contributed by atoms with E-state index < -0.39 is 15.4 Å². The van der Waals surface area contributed by atoms with Crippen LogP contribution in [0.5, 0.6) is 0 Å². The zero-order valence-corrected chi connectivity index (χ0v) is 16.6. The highest BCUT2D eigenvalue weighted by atomic mass is 32.2. The molecule has 1 amide bonds. The van der Waals surface area contributed by atoms with Crippen LogP contribution in [-0.2, 0) is 14.8 Å². The average molecular weight is 415 g/mol. The van der Waals surface area contributed by atoms with Gasteiger partial charge in [-0.25, -0.2) is 8.42 Å².